The zero-order valence-corrected chi connectivity index (χ0v) is 66.2. The van der Waals surface area contributed by atoms with E-state index >= 15 is 0 Å². The van der Waals surface area contributed by atoms with Crippen LogP contribution < -0.4 is 117 Å². The van der Waals surface area contributed by atoms with Crippen LogP contribution in [0.5, 0.6) is 0 Å². The minimum absolute atomic E-state index is 0.00148. The molecule has 0 saturated carbocycles. The zero-order chi connectivity index (χ0) is 89.3. The molecule has 52 heteroatoms. The number of hydrogen-bond donors (Lipinski definition) is 15. The molecule has 52 nitrogen and oxygen atoms in total. The van der Waals surface area contributed by atoms with Gasteiger partial charge < -0.3 is 95.7 Å². The van der Waals surface area contributed by atoms with Gasteiger partial charge in [0.25, 0.3) is 16.7 Å². The Morgan fingerprint density at radius 3 is 0.851 bits per heavy atom. The summed E-state index contributed by atoms with van der Waals surface area (Å²) in [6, 6.07) is 2.77. The fourth-order valence-electron chi connectivity index (χ4n) is 11.2. The van der Waals surface area contributed by atoms with Gasteiger partial charge in [-0.05, 0) is 58.4 Å². The summed E-state index contributed by atoms with van der Waals surface area (Å²) in [7, 11) is 0. The molecule has 0 saturated heterocycles. The van der Waals surface area contributed by atoms with Crippen LogP contribution >= 0.6 is 0 Å². The zero-order valence-electron chi connectivity index (χ0n) is 66.2. The van der Waals surface area contributed by atoms with E-state index < -0.39 is 265 Å². The third kappa shape index (κ3) is 31.2. The molecule has 0 aliphatic carbocycles. The Balaban J connectivity index is 1.15. The molecule has 0 fully saturated rings. The molecular formula is C69H96N30O22. The molecule has 6 heterocycles. The quantitative estimate of drug-likeness (QED) is 0.0158. The van der Waals surface area contributed by atoms with Gasteiger partial charge in [-0.15, -0.1) is 0 Å². The fraction of sp³-hybridized carbons (Fsp3) is 0.464. The van der Waals surface area contributed by atoms with Crippen molar-refractivity contribution < 1.29 is 62.3 Å². The lowest BCUT2D eigenvalue weighted by Gasteiger charge is -2.26. The van der Waals surface area contributed by atoms with Crippen molar-refractivity contribution in [1.82, 2.24) is 119 Å². The first kappa shape index (κ1) is 95.0. The summed E-state index contributed by atoms with van der Waals surface area (Å²) in [6.07, 6.45) is 8.21. The van der Waals surface area contributed by atoms with E-state index in [9.17, 15) is 105 Å². The van der Waals surface area contributed by atoms with Gasteiger partial charge in [0, 0.05) is 132 Å². The number of amides is 13. The maximum Gasteiger partial charge on any atom is 0.349 e. The maximum absolute atomic E-state index is 14.1. The number of carbonyl (C=O) groups excluding carboxylic acids is 13. The Hall–Kier alpha value is -14.9. The van der Waals surface area contributed by atoms with Crippen LogP contribution in [-0.4, -0.2) is 294 Å². The number of unbranched alkanes of at least 4 members (excludes halogenated alkanes) is 1. The topological polar surface area (TPSA) is 739 Å². The molecule has 0 bridgehead atoms. The van der Waals surface area contributed by atoms with Crippen molar-refractivity contribution >= 4 is 94.2 Å². The molecule has 1 atom stereocenters. The summed E-state index contributed by atoms with van der Waals surface area (Å²) >= 11 is 0. The second kappa shape index (κ2) is 46.2. The molecule has 0 unspecified atom stereocenters. The van der Waals surface area contributed by atoms with Crippen molar-refractivity contribution in [3.8, 4) is 0 Å². The van der Waals surface area contributed by atoms with Gasteiger partial charge in [-0.1, -0.05) is 6.42 Å². The van der Waals surface area contributed by atoms with Gasteiger partial charge in [-0.2, -0.15) is 15.0 Å². The lowest BCUT2D eigenvalue weighted by Crippen LogP contribution is -2.51. The number of primary amides is 1. The Morgan fingerprint density at radius 2 is 0.612 bits per heavy atom. The van der Waals surface area contributed by atoms with Gasteiger partial charge in [0.15, 0.2) is 0 Å². The molecule has 0 radical (unpaired) electrons. The molecule has 0 aliphatic rings. The first-order valence-corrected chi connectivity index (χ1v) is 37.2. The lowest BCUT2D eigenvalue weighted by molar-refractivity contribution is -0.138. The van der Waals surface area contributed by atoms with Crippen LogP contribution in [0.3, 0.4) is 0 Å². The predicted octanol–water partition coefficient (Wildman–Crippen LogP) is -14.3. The number of anilines is 3. The largest absolute Gasteiger partial charge is 0.383 e. The highest BCUT2D eigenvalue weighted by atomic mass is 16.2. The molecule has 13 amide bonds. The summed E-state index contributed by atoms with van der Waals surface area (Å²) in [5.41, 5.74) is 25.7. The van der Waals surface area contributed by atoms with Crippen LogP contribution in [-0.2, 0) is 102 Å². The number of nitrogens with two attached hydrogens (primary N) is 6. The number of aromatic amines is 3. The highest BCUT2D eigenvalue weighted by Gasteiger charge is 2.28. The third-order valence-corrected chi connectivity index (χ3v) is 17.7. The second-order valence-electron chi connectivity index (χ2n) is 27.2. The molecule has 6 aromatic rings. The molecule has 0 spiro atoms. The normalized spacial score (nSPS) is 11.1. The minimum Gasteiger partial charge on any atom is -0.383 e. The summed E-state index contributed by atoms with van der Waals surface area (Å²) in [5.74, 6) is -11.9. The first-order valence-electron chi connectivity index (χ1n) is 37.2. The maximum atomic E-state index is 14.1. The van der Waals surface area contributed by atoms with E-state index in [2.05, 4.69) is 51.8 Å². The molecule has 21 N–H and O–H groups in total. The second-order valence-corrected chi connectivity index (χ2v) is 27.2. The van der Waals surface area contributed by atoms with Crippen molar-refractivity contribution in [2.24, 2.45) is 17.2 Å². The number of rotatable bonds is 47. The van der Waals surface area contributed by atoms with Crippen LogP contribution in [0.1, 0.15) is 36.0 Å². The average Bonchev–Trinajstić information content (AvgIpc) is 0.836. The van der Waals surface area contributed by atoms with Gasteiger partial charge >= 0.3 is 34.1 Å². The van der Waals surface area contributed by atoms with Crippen LogP contribution in [0.15, 0.2) is 98.5 Å². The van der Waals surface area contributed by atoms with Crippen LogP contribution in [0.2, 0.25) is 0 Å². The van der Waals surface area contributed by atoms with Crippen LogP contribution in [0, 0.1) is 20.8 Å². The molecule has 0 aromatic carbocycles. The van der Waals surface area contributed by atoms with Crippen LogP contribution in [0.25, 0.3) is 0 Å². The Bertz CT molecular complexity index is 5390. The molecule has 6 rings (SSSR count). The molecule has 0 aliphatic heterocycles. The van der Waals surface area contributed by atoms with Crippen LogP contribution in [0.4, 0.5) is 17.5 Å². The summed E-state index contributed by atoms with van der Waals surface area (Å²) in [5, 5.41) is 15.1. The monoisotopic (exact) mass is 1700 g/mol. The number of aromatic nitrogens is 12. The smallest absolute Gasteiger partial charge is 0.349 e. The van der Waals surface area contributed by atoms with E-state index in [-0.39, 0.29) is 60.3 Å². The number of H-pyrrole nitrogens is 3. The number of carbonyl (C=O) groups is 13. The lowest BCUT2D eigenvalue weighted by atomic mass is 10.1. The number of aryl methyl sites for hydroxylation is 3. The van der Waals surface area contributed by atoms with E-state index in [0.29, 0.717) is 25.8 Å². The first-order chi connectivity index (χ1) is 57.3. The van der Waals surface area contributed by atoms with E-state index in [4.69, 9.17) is 34.4 Å². The van der Waals surface area contributed by atoms with E-state index in [1.54, 1.807) is 0 Å². The van der Waals surface area contributed by atoms with Gasteiger partial charge in [0.05, 0.1) is 45.3 Å². The van der Waals surface area contributed by atoms with Crippen molar-refractivity contribution in [1.29, 1.82) is 0 Å². The van der Waals surface area contributed by atoms with Gasteiger partial charge in [0.1, 0.15) is 56.7 Å². The van der Waals surface area contributed by atoms with Crippen molar-refractivity contribution in [3.05, 3.63) is 166 Å². The Morgan fingerprint density at radius 1 is 0.372 bits per heavy atom. The Kier molecular flexibility index (Phi) is 36.2. The SMILES string of the molecule is Cc1cn(CC(=O)N(CCNC(=O)CN(CCNC(=O)CN(CCNC(=O)CN(CCNC(=O)CN(CCNC(=O)[C@@H](N)CCCCN)C(=O)Cn2ccc(N)nc2=O)C(=O)Cn2cc(C)c(=O)[nH]c2=O)C(=O)Cn2ccc(N)nc2=O)C(=O)Cn2cc(C)c(=O)[nH]c2=O)CC(=O)NCCN(CC(N)=O)C(=O)Cn2ccc(N)nc2=O)c(=O)[nH]c1=O. The number of nitrogens with one attached hydrogen (secondary N) is 9. The third-order valence-electron chi connectivity index (χ3n) is 17.7. The summed E-state index contributed by atoms with van der Waals surface area (Å²) in [6.45, 7) is -9.83. The molecular weight excluding hydrogens is 1600 g/mol. The van der Waals surface area contributed by atoms with Crippen molar-refractivity contribution in [3.63, 3.8) is 0 Å². The van der Waals surface area contributed by atoms with Gasteiger partial charge in [0.2, 0.25) is 76.8 Å². The van der Waals surface area contributed by atoms with E-state index in [1.807, 2.05) is 9.97 Å². The number of hydrogen-bond acceptors (Lipinski definition) is 30. The van der Waals surface area contributed by atoms with Gasteiger partial charge in [-0.3, -0.25) is 119 Å². The average molecular weight is 1700 g/mol. The number of nitrogen functional groups attached to an aromatic ring is 3. The van der Waals surface area contributed by atoms with Crippen molar-refractivity contribution in [2.45, 2.75) is 85.3 Å². The molecule has 121 heavy (non-hydrogen) atoms. The highest BCUT2D eigenvalue weighted by molar-refractivity contribution is 5.89. The number of nitrogens with zero attached hydrogens (tertiary/aromatic N) is 15. The van der Waals surface area contributed by atoms with Crippen molar-refractivity contribution in [2.75, 3.05) is 142 Å². The molecule has 654 valence electrons. The minimum atomic E-state index is -1.03. The summed E-state index contributed by atoms with van der Waals surface area (Å²) < 4.78 is 5.15. The fourth-order valence-corrected chi connectivity index (χ4v) is 11.2. The van der Waals surface area contributed by atoms with E-state index in [0.717, 1.165) is 81.6 Å². The molecule has 6 aromatic heterocycles. The predicted molar refractivity (Wildman–Crippen MR) is 425 cm³/mol. The summed E-state index contributed by atoms with van der Waals surface area (Å²) in [4.78, 5) is 312. The standard InChI is InChI=1S/C69H96N30O22/c1-41-26-97(67(119)85-60(41)112)38-57(109)90(31-50(102)76-11-20-88(29-48(75)100)54(106)35-94-17-7-45(72)82-64(94)116)23-14-79-52(104)33-91(58(110)39-98-27-42(2)61(113)86-68(98)120)22-13-78-49(101)30-89(55(107)36-95-18-8-46(73)83-65(95)117)21-12-77-51(103)32-92(59(111)40-99-28-43(3)62(114)87-69(99)121)24-15-80-53(105)34-93(25-16-81-63(115)44(71)6-4-5-10-70)56(108)37-96-19-9-47(74)84-66(96)118/h7-9,17-19,26-28,44H,4-6,10-16,20-25,29-40,70-71H2,1-3H3,(H2,75,100)(H,76,102)(H,77,103)(H,78,101)(H,79,104)(H,80,105)(H,81,115)(H2,72,82,116)(H2,73,83,117)(H2,74,84,118)(H,85,112,119)(H,86,113,120)(H,87,114,121)/t44-/m0/s1. The highest BCUT2D eigenvalue weighted by Crippen LogP contribution is 2.05. The van der Waals surface area contributed by atoms with Gasteiger partial charge in [-0.25, -0.2) is 28.8 Å². The van der Waals surface area contributed by atoms with E-state index in [1.165, 1.54) is 51.4 Å². The Labute approximate surface area is 682 Å².